The molecule has 1 saturated heterocycles. The second-order valence-corrected chi connectivity index (χ2v) is 6.49. The number of aromatic nitrogens is 2. The van der Waals surface area contributed by atoms with Gasteiger partial charge in [0, 0.05) is 32.7 Å². The Morgan fingerprint density at radius 3 is 2.71 bits per heavy atom. The summed E-state index contributed by atoms with van der Waals surface area (Å²) in [4.78, 5) is 28.0. The van der Waals surface area contributed by atoms with E-state index < -0.39 is 16.6 Å². The maximum atomic E-state index is 11.0. The highest BCUT2D eigenvalue weighted by atomic mass is 35.5. The molecule has 1 fully saturated rings. The van der Waals surface area contributed by atoms with Gasteiger partial charge in [0.25, 0.3) is 0 Å². The molecular formula is C13H20ClN5O5. The van der Waals surface area contributed by atoms with Crippen LogP contribution in [0.3, 0.4) is 0 Å². The van der Waals surface area contributed by atoms with Gasteiger partial charge in [0.15, 0.2) is 0 Å². The minimum Gasteiger partial charge on any atom is -0.465 e. The average Bonchev–Trinajstić information content (AvgIpc) is 2.69. The number of aliphatic hydroxyl groups is 1. The monoisotopic (exact) mass is 361 g/mol. The first kappa shape index (κ1) is 18.4. The summed E-state index contributed by atoms with van der Waals surface area (Å²) in [5, 5.41) is 30.3. The first-order chi connectivity index (χ1) is 11.2. The molecule has 0 saturated carbocycles. The third-order valence-electron chi connectivity index (χ3n) is 3.84. The van der Waals surface area contributed by atoms with Crippen molar-refractivity contribution < 1.29 is 19.9 Å². The van der Waals surface area contributed by atoms with Gasteiger partial charge in [-0.05, 0) is 34.9 Å². The van der Waals surface area contributed by atoms with Crippen LogP contribution in [-0.4, -0.2) is 78.9 Å². The molecule has 11 heteroatoms. The zero-order chi connectivity index (χ0) is 17.9. The van der Waals surface area contributed by atoms with Crippen molar-refractivity contribution >= 4 is 23.5 Å². The number of halogens is 1. The number of amides is 1. The van der Waals surface area contributed by atoms with E-state index in [1.54, 1.807) is 6.92 Å². The Balaban J connectivity index is 1.98. The van der Waals surface area contributed by atoms with Gasteiger partial charge in [0.05, 0.1) is 12.1 Å². The Bertz CT molecular complexity index is 620. The summed E-state index contributed by atoms with van der Waals surface area (Å²) in [5.74, 6) is -0.373. The fraction of sp³-hybridized carbons (Fsp3) is 0.692. The summed E-state index contributed by atoms with van der Waals surface area (Å²) >= 11 is 5.87. The Kier molecular flexibility index (Phi) is 5.62. The van der Waals surface area contributed by atoms with E-state index in [1.165, 1.54) is 15.7 Å². The highest BCUT2D eigenvalue weighted by Crippen LogP contribution is 2.20. The molecule has 0 spiro atoms. The number of carboxylic acid groups (broad SMARTS) is 1. The number of hydrogen-bond acceptors (Lipinski definition) is 6. The van der Waals surface area contributed by atoms with Gasteiger partial charge in [-0.3, -0.25) is 9.47 Å². The van der Waals surface area contributed by atoms with Crippen LogP contribution in [0.4, 0.5) is 10.6 Å². The molecule has 1 aliphatic heterocycles. The topological polar surface area (TPSA) is 125 Å². The quantitative estimate of drug-likeness (QED) is 0.589. The fourth-order valence-corrected chi connectivity index (χ4v) is 2.99. The minimum absolute atomic E-state index is 0.0474. The van der Waals surface area contributed by atoms with Crippen molar-refractivity contribution in [2.75, 3.05) is 32.7 Å². The Morgan fingerprint density at radius 1 is 1.42 bits per heavy atom. The maximum absolute atomic E-state index is 11.0. The Labute approximate surface area is 143 Å². The number of carbonyl (C=O) groups is 1. The van der Waals surface area contributed by atoms with E-state index in [-0.39, 0.29) is 17.6 Å². The molecule has 2 heterocycles. The summed E-state index contributed by atoms with van der Waals surface area (Å²) in [7, 11) is 0. The summed E-state index contributed by atoms with van der Waals surface area (Å²) in [6.45, 7) is 3.97. The van der Waals surface area contributed by atoms with Gasteiger partial charge in [-0.15, -0.1) is 0 Å². The van der Waals surface area contributed by atoms with Gasteiger partial charge in [-0.25, -0.2) is 4.79 Å². The van der Waals surface area contributed by atoms with Crippen LogP contribution in [0.1, 0.15) is 13.3 Å². The molecule has 10 nitrogen and oxygen atoms in total. The molecule has 0 aromatic carbocycles. The minimum atomic E-state index is -1.20. The van der Waals surface area contributed by atoms with E-state index in [1.807, 2.05) is 4.90 Å². The highest BCUT2D eigenvalue weighted by molar-refractivity contribution is 6.28. The number of imidazole rings is 1. The van der Waals surface area contributed by atoms with Gasteiger partial charge in [-0.1, -0.05) is 0 Å². The van der Waals surface area contributed by atoms with Crippen molar-refractivity contribution in [2.45, 2.75) is 25.5 Å². The van der Waals surface area contributed by atoms with E-state index in [9.17, 15) is 20.0 Å². The standard InChI is InChI=1S/C13H20ClN5O5/c1-13(22,9-18-7-10(19(23)24)15-11(18)14)8-16-3-2-4-17(6-5-16)12(20)21/h7,22H,2-6,8-9H2,1H3,(H,20,21). The van der Waals surface area contributed by atoms with E-state index in [0.717, 1.165) is 0 Å². The smallest absolute Gasteiger partial charge is 0.407 e. The molecule has 2 rings (SSSR count). The van der Waals surface area contributed by atoms with Crippen molar-refractivity contribution in [3.05, 3.63) is 21.6 Å². The molecule has 1 aliphatic rings. The average molecular weight is 362 g/mol. The zero-order valence-electron chi connectivity index (χ0n) is 13.3. The van der Waals surface area contributed by atoms with Crippen LogP contribution >= 0.6 is 11.6 Å². The fourth-order valence-electron chi connectivity index (χ4n) is 2.80. The predicted molar refractivity (Wildman–Crippen MR) is 85.2 cm³/mol. The normalized spacial score (nSPS) is 18.9. The Hall–Kier alpha value is -1.91. The molecule has 1 atom stereocenters. The number of hydrogen-bond donors (Lipinski definition) is 2. The van der Waals surface area contributed by atoms with Gasteiger partial charge < -0.3 is 25.2 Å². The third-order valence-corrected chi connectivity index (χ3v) is 4.14. The van der Waals surface area contributed by atoms with Gasteiger partial charge in [0.2, 0.25) is 0 Å². The lowest BCUT2D eigenvalue weighted by atomic mass is 10.1. The van der Waals surface area contributed by atoms with Crippen LogP contribution < -0.4 is 0 Å². The molecule has 1 unspecified atom stereocenters. The molecule has 1 amide bonds. The van der Waals surface area contributed by atoms with Crippen LogP contribution in [-0.2, 0) is 6.54 Å². The highest BCUT2D eigenvalue weighted by Gasteiger charge is 2.29. The van der Waals surface area contributed by atoms with E-state index in [4.69, 9.17) is 16.7 Å². The molecule has 2 N–H and O–H groups in total. The van der Waals surface area contributed by atoms with Gasteiger partial charge in [-0.2, -0.15) is 0 Å². The van der Waals surface area contributed by atoms with E-state index >= 15 is 0 Å². The summed E-state index contributed by atoms with van der Waals surface area (Å²) < 4.78 is 1.33. The lowest BCUT2D eigenvalue weighted by Gasteiger charge is -2.30. The lowest BCUT2D eigenvalue weighted by Crippen LogP contribution is -2.45. The number of nitrogens with zero attached hydrogens (tertiary/aromatic N) is 5. The summed E-state index contributed by atoms with van der Waals surface area (Å²) in [6, 6.07) is 0. The molecule has 24 heavy (non-hydrogen) atoms. The first-order valence-corrected chi connectivity index (χ1v) is 7.85. The number of nitro groups is 1. The van der Waals surface area contributed by atoms with Crippen molar-refractivity contribution in [2.24, 2.45) is 0 Å². The molecule has 134 valence electrons. The van der Waals surface area contributed by atoms with E-state index in [0.29, 0.717) is 39.1 Å². The largest absolute Gasteiger partial charge is 0.465 e. The van der Waals surface area contributed by atoms with Crippen molar-refractivity contribution in [3.8, 4) is 0 Å². The van der Waals surface area contributed by atoms with Crippen molar-refractivity contribution in [1.82, 2.24) is 19.4 Å². The molecular weight excluding hydrogens is 342 g/mol. The van der Waals surface area contributed by atoms with Crippen LogP contribution in [0.2, 0.25) is 5.28 Å². The van der Waals surface area contributed by atoms with Crippen LogP contribution in [0.5, 0.6) is 0 Å². The first-order valence-electron chi connectivity index (χ1n) is 7.47. The van der Waals surface area contributed by atoms with Crippen molar-refractivity contribution in [1.29, 1.82) is 0 Å². The van der Waals surface area contributed by atoms with Crippen molar-refractivity contribution in [3.63, 3.8) is 0 Å². The number of rotatable bonds is 5. The van der Waals surface area contributed by atoms with Crippen LogP contribution in [0.15, 0.2) is 6.20 Å². The second-order valence-electron chi connectivity index (χ2n) is 6.15. The van der Waals surface area contributed by atoms with E-state index in [2.05, 4.69) is 4.98 Å². The number of β-amino-alcohol motifs (C(OH)–C–C–N with tert-alkyl or cyclic N) is 1. The Morgan fingerprint density at radius 2 is 2.12 bits per heavy atom. The molecule has 0 radical (unpaired) electrons. The maximum Gasteiger partial charge on any atom is 0.407 e. The summed E-state index contributed by atoms with van der Waals surface area (Å²) in [5.41, 5.74) is -1.20. The molecule has 0 bridgehead atoms. The predicted octanol–water partition coefficient (Wildman–Crippen LogP) is 0.881. The lowest BCUT2D eigenvalue weighted by molar-refractivity contribution is -0.389. The second kappa shape index (κ2) is 7.32. The van der Waals surface area contributed by atoms with Gasteiger partial charge in [0.1, 0.15) is 6.20 Å². The SMILES string of the molecule is CC(O)(CN1CCCN(C(=O)O)CC1)Cn1cc([N+](=O)[O-])nc1Cl. The summed E-state index contributed by atoms with van der Waals surface area (Å²) in [6.07, 6.45) is 0.923. The molecule has 1 aromatic heterocycles. The van der Waals surface area contributed by atoms with Gasteiger partial charge >= 0.3 is 17.2 Å². The molecule has 0 aliphatic carbocycles. The zero-order valence-corrected chi connectivity index (χ0v) is 14.0. The third kappa shape index (κ3) is 4.79. The van der Waals surface area contributed by atoms with Crippen LogP contribution in [0, 0.1) is 10.1 Å². The molecule has 1 aromatic rings. The van der Waals surface area contributed by atoms with Crippen LogP contribution in [0.25, 0.3) is 0 Å².